The normalized spacial score (nSPS) is 20.3. The molecule has 9 rings (SSSR count). The molecule has 3 atom stereocenters. The molecule has 4 aliphatic rings. The Labute approximate surface area is 384 Å². The number of fused-ring (bicyclic) bond motifs is 4. The fourth-order valence-electron chi connectivity index (χ4n) is 10.5. The van der Waals surface area contributed by atoms with Gasteiger partial charge in [-0.3, -0.25) is 34.7 Å². The van der Waals surface area contributed by atoms with Crippen LogP contribution in [-0.4, -0.2) is 124 Å². The summed E-state index contributed by atoms with van der Waals surface area (Å²) in [4.78, 5) is 60.3. The second-order valence-corrected chi connectivity index (χ2v) is 18.6. The molecule has 16 heteroatoms. The minimum atomic E-state index is -0.654. The summed E-state index contributed by atoms with van der Waals surface area (Å²) >= 11 is 0. The molecule has 5 aromatic rings. The number of hydrogen-bond donors (Lipinski definition) is 3. The highest BCUT2D eigenvalue weighted by molar-refractivity contribution is 5.98. The molecular formula is C50H59N9O7. The second-order valence-electron chi connectivity index (χ2n) is 18.6. The summed E-state index contributed by atoms with van der Waals surface area (Å²) in [6.45, 7) is 13.3. The zero-order chi connectivity index (χ0) is 45.9. The Morgan fingerprint density at radius 1 is 0.773 bits per heavy atom. The Hall–Kier alpha value is -6.52. The van der Waals surface area contributed by atoms with Crippen LogP contribution in [0.2, 0.25) is 0 Å². The molecule has 16 nitrogen and oxygen atoms in total. The first-order valence-corrected chi connectivity index (χ1v) is 23.4. The van der Waals surface area contributed by atoms with Crippen LogP contribution >= 0.6 is 0 Å². The summed E-state index contributed by atoms with van der Waals surface area (Å²) in [5.74, 6) is 3.02. The summed E-state index contributed by atoms with van der Waals surface area (Å²) < 4.78 is 6.18. The summed E-state index contributed by atoms with van der Waals surface area (Å²) in [5, 5.41) is 30.3. The number of H-pyrrole nitrogens is 1. The monoisotopic (exact) mass is 897 g/mol. The molecule has 5 heterocycles. The van der Waals surface area contributed by atoms with Crippen LogP contribution in [0.4, 0.5) is 22.7 Å². The number of piperidine rings is 1. The molecule has 66 heavy (non-hydrogen) atoms. The quantitative estimate of drug-likeness (QED) is 0.0552. The minimum absolute atomic E-state index is 0.0360. The lowest BCUT2D eigenvalue weighted by atomic mass is 9.83. The van der Waals surface area contributed by atoms with Crippen molar-refractivity contribution >= 4 is 45.5 Å². The molecule has 1 aromatic heterocycles. The number of amides is 2. The zero-order valence-electron chi connectivity index (χ0n) is 37.7. The predicted molar refractivity (Wildman–Crippen MR) is 255 cm³/mol. The van der Waals surface area contributed by atoms with Gasteiger partial charge in [-0.15, -0.1) is 0 Å². The van der Waals surface area contributed by atoms with Gasteiger partial charge in [-0.25, -0.2) is 0 Å². The number of hydrogen-bond acceptors (Lipinski definition) is 11. The molecule has 346 valence electrons. The van der Waals surface area contributed by atoms with Crippen LogP contribution in [0.5, 0.6) is 11.5 Å². The van der Waals surface area contributed by atoms with E-state index in [0.29, 0.717) is 85.7 Å². The number of nitrogens with one attached hydrogen (secondary N) is 3. The van der Waals surface area contributed by atoms with Gasteiger partial charge in [0.2, 0.25) is 0 Å². The van der Waals surface area contributed by atoms with Gasteiger partial charge in [0.05, 0.1) is 15.9 Å². The molecule has 2 amide bonds. The lowest BCUT2D eigenvalue weighted by Crippen LogP contribution is -2.49. The maximum absolute atomic E-state index is 13.7. The number of carbonyl (C=O) groups is 2. The van der Waals surface area contributed by atoms with Crippen LogP contribution in [0.3, 0.4) is 0 Å². The molecule has 0 spiro atoms. The van der Waals surface area contributed by atoms with Crippen molar-refractivity contribution in [3.8, 4) is 11.5 Å². The third-order valence-electron chi connectivity index (χ3n) is 14.2. The van der Waals surface area contributed by atoms with Gasteiger partial charge in [0, 0.05) is 105 Å². The Morgan fingerprint density at radius 3 is 2.29 bits per heavy atom. The van der Waals surface area contributed by atoms with E-state index in [-0.39, 0.29) is 28.9 Å². The van der Waals surface area contributed by atoms with E-state index in [2.05, 4.69) is 57.5 Å². The number of aromatic amines is 1. The average Bonchev–Trinajstić information content (AvgIpc) is 3.88. The topological polar surface area (TPSA) is 182 Å². The average molecular weight is 898 g/mol. The first-order valence-electron chi connectivity index (χ1n) is 23.4. The molecule has 3 fully saturated rings. The molecule has 3 saturated heterocycles. The fraction of sp³-hybridized carbons (Fsp3) is 0.440. The second kappa shape index (κ2) is 19.5. The largest absolute Gasteiger partial charge is 0.457 e. The van der Waals surface area contributed by atoms with Crippen LogP contribution in [0.15, 0.2) is 84.9 Å². The molecule has 0 saturated carbocycles. The third kappa shape index (κ3) is 9.99. The highest BCUT2D eigenvalue weighted by atomic mass is 16.6. The van der Waals surface area contributed by atoms with Gasteiger partial charge in [0.15, 0.2) is 0 Å². The van der Waals surface area contributed by atoms with Crippen LogP contribution in [0.1, 0.15) is 76.9 Å². The van der Waals surface area contributed by atoms with E-state index < -0.39 is 9.85 Å². The third-order valence-corrected chi connectivity index (χ3v) is 14.2. The Bertz CT molecular complexity index is 2580. The number of nitro groups is 2. The smallest absolute Gasteiger partial charge is 0.299 e. The Balaban J connectivity index is 0.695. The van der Waals surface area contributed by atoms with Crippen molar-refractivity contribution in [3.05, 3.63) is 128 Å². The summed E-state index contributed by atoms with van der Waals surface area (Å²) in [5.41, 5.74) is 5.72. The van der Waals surface area contributed by atoms with Gasteiger partial charge >= 0.3 is 0 Å². The first kappa shape index (κ1) is 44.7. The van der Waals surface area contributed by atoms with Gasteiger partial charge in [0.1, 0.15) is 22.9 Å². The zero-order valence-corrected chi connectivity index (χ0v) is 37.7. The van der Waals surface area contributed by atoms with Gasteiger partial charge in [-0.2, -0.15) is 0 Å². The van der Waals surface area contributed by atoms with Crippen LogP contribution in [-0.2, 0) is 0 Å². The van der Waals surface area contributed by atoms with Crippen molar-refractivity contribution in [1.29, 1.82) is 0 Å². The van der Waals surface area contributed by atoms with Crippen LogP contribution in [0.25, 0.3) is 10.9 Å². The van der Waals surface area contributed by atoms with Crippen molar-refractivity contribution in [1.82, 2.24) is 24.6 Å². The van der Waals surface area contributed by atoms with Gasteiger partial charge < -0.3 is 35.1 Å². The SMILES string of the molecule is Cc1ccc2c(c1)NC1CCN(CCC3CCN(C(=O)c4cc5ccc(Oc6ccc(C(=O)N7CCN(CCCNc8ccc([N+](=O)[O-])cc8[N+](=O)[O-])CC7)cc6)cc5[nH]4)CC3)C[C@@H](C)[C@@H]21. The highest BCUT2D eigenvalue weighted by Gasteiger charge is 2.39. The van der Waals surface area contributed by atoms with Crippen LogP contribution in [0, 0.1) is 39.0 Å². The van der Waals surface area contributed by atoms with E-state index in [1.54, 1.807) is 24.3 Å². The number of aromatic nitrogens is 1. The van der Waals surface area contributed by atoms with Gasteiger partial charge in [0.25, 0.3) is 23.2 Å². The maximum atomic E-state index is 13.7. The van der Waals surface area contributed by atoms with E-state index >= 15 is 0 Å². The number of carbonyl (C=O) groups excluding carboxylic acids is 2. The minimum Gasteiger partial charge on any atom is -0.457 e. The number of nitro benzene ring substituents is 2. The van der Waals surface area contributed by atoms with Crippen molar-refractivity contribution in [3.63, 3.8) is 0 Å². The lowest BCUT2D eigenvalue weighted by Gasteiger charge is -2.34. The molecule has 0 aliphatic carbocycles. The summed E-state index contributed by atoms with van der Waals surface area (Å²) in [6, 6.07) is 25.8. The number of ether oxygens (including phenoxy) is 1. The maximum Gasteiger partial charge on any atom is 0.299 e. The highest BCUT2D eigenvalue weighted by Crippen LogP contribution is 2.44. The van der Waals surface area contributed by atoms with Crippen molar-refractivity contribution in [2.75, 3.05) is 82.6 Å². The van der Waals surface area contributed by atoms with Gasteiger partial charge in [-0.1, -0.05) is 19.1 Å². The lowest BCUT2D eigenvalue weighted by molar-refractivity contribution is -0.393. The number of rotatable bonds is 14. The van der Waals surface area contributed by atoms with Crippen molar-refractivity contribution < 1.29 is 24.2 Å². The first-order chi connectivity index (χ1) is 31.9. The standard InChI is InChI=1S/C50H59N9O7/c1-33-4-12-41-45(28-33)52-43-17-21-55(32-34(2)48(41)43)20-14-35-15-22-56(23-16-35)50(61)46-29-37-7-11-40(31-44(37)53-46)66-39-9-5-36(6-10-39)49(60)57-26-24-54(25-27-57)19-3-18-51-42-13-8-38(58(62)63)30-47(42)59(64)65/h4-13,28-31,34-35,43,48,51-53H,3,14-27,32H2,1-2H3/t34-,43?,48+/m1/s1. The molecule has 0 bridgehead atoms. The predicted octanol–water partition coefficient (Wildman–Crippen LogP) is 8.51. The van der Waals surface area contributed by atoms with E-state index in [9.17, 15) is 29.8 Å². The summed E-state index contributed by atoms with van der Waals surface area (Å²) in [6.07, 6.45) is 5.11. The number of nitrogens with zero attached hydrogens (tertiary/aromatic N) is 6. The fourth-order valence-corrected chi connectivity index (χ4v) is 10.5. The Kier molecular flexibility index (Phi) is 13.2. The number of non-ortho nitro benzene ring substituents is 1. The van der Waals surface area contributed by atoms with Crippen molar-refractivity contribution in [2.45, 2.75) is 57.9 Å². The number of aryl methyl sites for hydroxylation is 1. The molecular weight excluding hydrogens is 839 g/mol. The summed E-state index contributed by atoms with van der Waals surface area (Å²) in [7, 11) is 0. The van der Waals surface area contributed by atoms with Crippen molar-refractivity contribution in [2.24, 2.45) is 11.8 Å². The molecule has 4 aliphatic heterocycles. The molecule has 4 aromatic carbocycles. The van der Waals surface area contributed by atoms with Gasteiger partial charge in [-0.05, 0) is 130 Å². The number of piperazine rings is 1. The van der Waals surface area contributed by atoms with Crippen LogP contribution < -0.4 is 15.4 Å². The van der Waals surface area contributed by atoms with E-state index in [0.717, 1.165) is 69.1 Å². The molecule has 0 radical (unpaired) electrons. The number of anilines is 2. The number of likely N-dealkylation sites (tertiary alicyclic amines) is 2. The van der Waals surface area contributed by atoms with E-state index in [1.165, 1.54) is 41.8 Å². The van der Waals surface area contributed by atoms with E-state index in [1.807, 2.05) is 34.1 Å². The molecule has 3 N–H and O–H groups in total. The van der Waals surface area contributed by atoms with E-state index in [4.69, 9.17) is 4.74 Å². The number of benzene rings is 4. The Morgan fingerprint density at radius 2 is 1.53 bits per heavy atom. The molecule has 1 unspecified atom stereocenters.